The Labute approximate surface area is 117 Å². The summed E-state index contributed by atoms with van der Waals surface area (Å²) in [4.78, 5) is 16.7. The van der Waals surface area contributed by atoms with Gasteiger partial charge in [-0.3, -0.25) is 14.5 Å². The molecule has 0 aliphatic carbocycles. The van der Waals surface area contributed by atoms with E-state index in [1.807, 2.05) is 12.3 Å². The first-order valence-electron chi connectivity index (χ1n) is 6.74. The molecule has 6 nitrogen and oxygen atoms in total. The standard InChI is InChI=1S/C14H17N5O/c20-13(18-12-2-7-15-8-3-12)14(4-9-16-10-5-14)19-11-1-6-17-19/h1-3,6-8,11,16H,4-5,9-10H2,(H,15,18,20). The Hall–Kier alpha value is -2.21. The zero-order valence-electron chi connectivity index (χ0n) is 11.1. The largest absolute Gasteiger partial charge is 0.324 e. The second kappa shape index (κ2) is 5.42. The van der Waals surface area contributed by atoms with Crippen LogP contribution in [-0.2, 0) is 10.3 Å². The van der Waals surface area contributed by atoms with E-state index in [0.29, 0.717) is 0 Å². The first kappa shape index (κ1) is 12.8. The van der Waals surface area contributed by atoms with E-state index < -0.39 is 5.54 Å². The fourth-order valence-electron chi connectivity index (χ4n) is 2.61. The Morgan fingerprint density at radius 3 is 2.65 bits per heavy atom. The van der Waals surface area contributed by atoms with Crippen LogP contribution in [0.5, 0.6) is 0 Å². The lowest BCUT2D eigenvalue weighted by molar-refractivity contribution is -0.126. The average molecular weight is 271 g/mol. The maximum atomic E-state index is 12.8. The SMILES string of the molecule is O=C(Nc1ccncc1)C1(n2cccn2)CCNCC1. The molecule has 0 aromatic carbocycles. The molecule has 2 aromatic heterocycles. The molecule has 2 aromatic rings. The molecule has 0 unspecified atom stereocenters. The van der Waals surface area contributed by atoms with Crippen LogP contribution >= 0.6 is 0 Å². The van der Waals surface area contributed by atoms with Gasteiger partial charge in [-0.1, -0.05) is 0 Å². The van der Waals surface area contributed by atoms with E-state index in [2.05, 4.69) is 20.7 Å². The molecule has 3 rings (SSSR count). The number of pyridine rings is 1. The van der Waals surface area contributed by atoms with Crippen molar-refractivity contribution in [3.05, 3.63) is 43.0 Å². The Morgan fingerprint density at radius 2 is 2.00 bits per heavy atom. The number of hydrogen-bond acceptors (Lipinski definition) is 4. The number of carbonyl (C=O) groups excluding carboxylic acids is 1. The van der Waals surface area contributed by atoms with E-state index in [4.69, 9.17) is 0 Å². The first-order chi connectivity index (χ1) is 9.81. The van der Waals surface area contributed by atoms with Gasteiger partial charge in [0, 0.05) is 30.5 Å². The number of anilines is 1. The molecule has 2 N–H and O–H groups in total. The maximum absolute atomic E-state index is 12.8. The first-order valence-corrected chi connectivity index (χ1v) is 6.74. The number of piperidine rings is 1. The van der Waals surface area contributed by atoms with Crippen molar-refractivity contribution in [2.24, 2.45) is 0 Å². The number of amides is 1. The third-order valence-corrected chi connectivity index (χ3v) is 3.73. The summed E-state index contributed by atoms with van der Waals surface area (Å²) in [7, 11) is 0. The minimum atomic E-state index is -0.613. The molecule has 1 fully saturated rings. The number of aromatic nitrogens is 3. The molecule has 0 atom stereocenters. The lowest BCUT2D eigenvalue weighted by Gasteiger charge is -2.36. The van der Waals surface area contributed by atoms with E-state index in [-0.39, 0.29) is 5.91 Å². The molecule has 104 valence electrons. The molecule has 0 bridgehead atoms. The summed E-state index contributed by atoms with van der Waals surface area (Å²) in [6, 6.07) is 5.43. The fourth-order valence-corrected chi connectivity index (χ4v) is 2.61. The van der Waals surface area contributed by atoms with Crippen molar-refractivity contribution < 1.29 is 4.79 Å². The summed E-state index contributed by atoms with van der Waals surface area (Å²) >= 11 is 0. The molecule has 6 heteroatoms. The van der Waals surface area contributed by atoms with Crippen LogP contribution in [0.3, 0.4) is 0 Å². The zero-order valence-corrected chi connectivity index (χ0v) is 11.1. The highest BCUT2D eigenvalue weighted by atomic mass is 16.2. The summed E-state index contributed by atoms with van der Waals surface area (Å²) in [5.74, 6) is -0.0195. The maximum Gasteiger partial charge on any atom is 0.252 e. The van der Waals surface area contributed by atoms with Gasteiger partial charge in [0.15, 0.2) is 0 Å². The quantitative estimate of drug-likeness (QED) is 0.873. The van der Waals surface area contributed by atoms with Gasteiger partial charge in [0.25, 0.3) is 5.91 Å². The topological polar surface area (TPSA) is 71.8 Å². The van der Waals surface area contributed by atoms with Crippen molar-refractivity contribution in [3.8, 4) is 0 Å². The van der Waals surface area contributed by atoms with Gasteiger partial charge in [-0.25, -0.2) is 0 Å². The van der Waals surface area contributed by atoms with Crippen LogP contribution in [0.1, 0.15) is 12.8 Å². The van der Waals surface area contributed by atoms with Crippen LogP contribution in [-0.4, -0.2) is 33.8 Å². The van der Waals surface area contributed by atoms with Gasteiger partial charge in [0.1, 0.15) is 5.54 Å². The zero-order chi connectivity index (χ0) is 13.8. The normalized spacial score (nSPS) is 17.6. The molecule has 3 heterocycles. The van der Waals surface area contributed by atoms with Crippen molar-refractivity contribution in [2.75, 3.05) is 18.4 Å². The van der Waals surface area contributed by atoms with Crippen molar-refractivity contribution in [3.63, 3.8) is 0 Å². The number of carbonyl (C=O) groups is 1. The minimum Gasteiger partial charge on any atom is -0.324 e. The summed E-state index contributed by atoms with van der Waals surface area (Å²) < 4.78 is 1.78. The van der Waals surface area contributed by atoms with Crippen LogP contribution in [0, 0.1) is 0 Å². The van der Waals surface area contributed by atoms with Gasteiger partial charge in [-0.05, 0) is 44.1 Å². The second-order valence-electron chi connectivity index (χ2n) is 4.92. The summed E-state index contributed by atoms with van der Waals surface area (Å²) in [6.45, 7) is 1.62. The molecule has 1 amide bonds. The molecular weight excluding hydrogens is 254 g/mol. The molecule has 0 spiro atoms. The Bertz CT molecular complexity index is 561. The van der Waals surface area contributed by atoms with Gasteiger partial charge in [-0.2, -0.15) is 5.10 Å². The van der Waals surface area contributed by atoms with Gasteiger partial charge < -0.3 is 10.6 Å². The average Bonchev–Trinajstić information content (AvgIpc) is 3.04. The van der Waals surface area contributed by atoms with Crippen molar-refractivity contribution in [1.29, 1.82) is 0 Å². The molecular formula is C14H17N5O. The van der Waals surface area contributed by atoms with Crippen molar-refractivity contribution in [1.82, 2.24) is 20.1 Å². The summed E-state index contributed by atoms with van der Waals surface area (Å²) in [5, 5.41) is 10.6. The highest BCUT2D eigenvalue weighted by molar-refractivity contribution is 5.96. The highest BCUT2D eigenvalue weighted by Gasteiger charge is 2.41. The second-order valence-corrected chi connectivity index (χ2v) is 4.92. The smallest absolute Gasteiger partial charge is 0.252 e. The highest BCUT2D eigenvalue weighted by Crippen LogP contribution is 2.28. The van der Waals surface area contributed by atoms with Crippen molar-refractivity contribution in [2.45, 2.75) is 18.4 Å². The number of hydrogen-bond donors (Lipinski definition) is 2. The van der Waals surface area contributed by atoms with Crippen LogP contribution in [0.25, 0.3) is 0 Å². The van der Waals surface area contributed by atoms with E-state index in [1.54, 1.807) is 35.4 Å². The number of rotatable bonds is 3. The van der Waals surface area contributed by atoms with Gasteiger partial charge in [0.05, 0.1) is 0 Å². The molecule has 1 saturated heterocycles. The van der Waals surface area contributed by atoms with Gasteiger partial charge in [-0.15, -0.1) is 0 Å². The molecule has 0 radical (unpaired) electrons. The third-order valence-electron chi connectivity index (χ3n) is 3.73. The fraction of sp³-hybridized carbons (Fsp3) is 0.357. The van der Waals surface area contributed by atoms with E-state index in [0.717, 1.165) is 31.6 Å². The predicted molar refractivity (Wildman–Crippen MR) is 75.2 cm³/mol. The van der Waals surface area contributed by atoms with Crippen molar-refractivity contribution >= 4 is 11.6 Å². The predicted octanol–water partition coefficient (Wildman–Crippen LogP) is 0.995. The monoisotopic (exact) mass is 271 g/mol. The summed E-state index contributed by atoms with van der Waals surface area (Å²) in [6.07, 6.45) is 8.36. The lowest BCUT2D eigenvalue weighted by atomic mass is 9.87. The van der Waals surface area contributed by atoms with Crippen LogP contribution in [0.15, 0.2) is 43.0 Å². The Kier molecular flexibility index (Phi) is 3.47. The van der Waals surface area contributed by atoms with Crippen LogP contribution in [0.2, 0.25) is 0 Å². The molecule has 20 heavy (non-hydrogen) atoms. The number of nitrogens with zero attached hydrogens (tertiary/aromatic N) is 3. The molecule has 1 aliphatic heterocycles. The third kappa shape index (κ3) is 2.30. The Morgan fingerprint density at radius 1 is 1.25 bits per heavy atom. The van der Waals surface area contributed by atoms with E-state index in [9.17, 15) is 4.79 Å². The Balaban J connectivity index is 1.88. The van der Waals surface area contributed by atoms with Gasteiger partial charge in [0.2, 0.25) is 0 Å². The number of nitrogens with one attached hydrogen (secondary N) is 2. The van der Waals surface area contributed by atoms with Crippen LogP contribution < -0.4 is 10.6 Å². The van der Waals surface area contributed by atoms with E-state index >= 15 is 0 Å². The van der Waals surface area contributed by atoms with Crippen LogP contribution in [0.4, 0.5) is 5.69 Å². The van der Waals surface area contributed by atoms with E-state index in [1.165, 1.54) is 0 Å². The minimum absolute atomic E-state index is 0.0195. The molecule has 1 aliphatic rings. The summed E-state index contributed by atoms with van der Waals surface area (Å²) in [5.41, 5.74) is 0.146. The van der Waals surface area contributed by atoms with Gasteiger partial charge >= 0.3 is 0 Å². The lowest BCUT2D eigenvalue weighted by Crippen LogP contribution is -2.52. The molecule has 0 saturated carbocycles.